The van der Waals surface area contributed by atoms with Crippen molar-refractivity contribution in [1.29, 1.82) is 0 Å². The maximum atomic E-state index is 11.7. The molecule has 1 heterocycles. The molecule has 1 atom stereocenters. The van der Waals surface area contributed by atoms with Crippen LogP contribution in [0.1, 0.15) is 39.0 Å². The average molecular weight is 242 g/mol. The second-order valence-corrected chi connectivity index (χ2v) is 4.46. The standard InChI is InChI=1S/C12H22N2O3/c1-2-7-13-8-10(15)9-14-11(16)5-3-4-6-12(14)17/h10,13,15H,2-9H2,1H3. The first-order valence-corrected chi connectivity index (χ1v) is 6.37. The summed E-state index contributed by atoms with van der Waals surface area (Å²) >= 11 is 0. The summed E-state index contributed by atoms with van der Waals surface area (Å²) in [5, 5.41) is 12.8. The summed E-state index contributed by atoms with van der Waals surface area (Å²) in [5.74, 6) is -0.302. The summed E-state index contributed by atoms with van der Waals surface area (Å²) in [4.78, 5) is 24.5. The Bertz CT molecular complexity index is 250. The maximum absolute atomic E-state index is 11.7. The van der Waals surface area contributed by atoms with Crippen LogP contribution in [0.3, 0.4) is 0 Å². The Balaban J connectivity index is 2.40. The number of aliphatic hydroxyl groups excluding tert-OH is 1. The van der Waals surface area contributed by atoms with Gasteiger partial charge in [-0.1, -0.05) is 6.92 Å². The second kappa shape index (κ2) is 7.40. The van der Waals surface area contributed by atoms with Crippen molar-refractivity contribution in [3.8, 4) is 0 Å². The van der Waals surface area contributed by atoms with Crippen LogP contribution in [0.5, 0.6) is 0 Å². The minimum atomic E-state index is -0.674. The largest absolute Gasteiger partial charge is 0.390 e. The molecule has 0 spiro atoms. The Morgan fingerprint density at radius 3 is 2.41 bits per heavy atom. The molecule has 0 radical (unpaired) electrons. The zero-order valence-electron chi connectivity index (χ0n) is 10.4. The smallest absolute Gasteiger partial charge is 0.229 e. The number of carbonyl (C=O) groups is 2. The molecule has 5 heteroatoms. The number of carbonyl (C=O) groups excluding carboxylic acids is 2. The Labute approximate surface area is 102 Å². The van der Waals surface area contributed by atoms with E-state index in [1.807, 2.05) is 6.92 Å². The van der Waals surface area contributed by atoms with E-state index in [0.717, 1.165) is 25.8 Å². The molecule has 2 N–H and O–H groups in total. The number of imide groups is 1. The lowest BCUT2D eigenvalue weighted by molar-refractivity contribution is -0.145. The number of rotatable bonds is 6. The molecule has 1 unspecified atom stereocenters. The predicted molar refractivity (Wildman–Crippen MR) is 64.4 cm³/mol. The summed E-state index contributed by atoms with van der Waals surface area (Å²) < 4.78 is 0. The first kappa shape index (κ1) is 14.1. The summed E-state index contributed by atoms with van der Waals surface area (Å²) in [7, 11) is 0. The number of amides is 2. The molecular formula is C12H22N2O3. The van der Waals surface area contributed by atoms with Gasteiger partial charge in [0.15, 0.2) is 0 Å². The highest BCUT2D eigenvalue weighted by Gasteiger charge is 2.25. The third-order valence-corrected chi connectivity index (χ3v) is 2.83. The number of likely N-dealkylation sites (tertiary alicyclic amines) is 1. The molecule has 0 aromatic carbocycles. The van der Waals surface area contributed by atoms with E-state index in [1.54, 1.807) is 0 Å². The predicted octanol–water partition coefficient (Wildman–Crippen LogP) is 0.276. The Morgan fingerprint density at radius 1 is 1.29 bits per heavy atom. The normalized spacial score (nSPS) is 19.3. The second-order valence-electron chi connectivity index (χ2n) is 4.46. The molecule has 1 fully saturated rings. The zero-order valence-corrected chi connectivity index (χ0v) is 10.4. The van der Waals surface area contributed by atoms with Gasteiger partial charge in [-0.05, 0) is 25.8 Å². The highest BCUT2D eigenvalue weighted by atomic mass is 16.3. The van der Waals surface area contributed by atoms with Crippen molar-refractivity contribution in [1.82, 2.24) is 10.2 Å². The molecule has 0 saturated carbocycles. The molecule has 0 aliphatic carbocycles. The van der Waals surface area contributed by atoms with E-state index in [4.69, 9.17) is 0 Å². The van der Waals surface area contributed by atoms with Crippen LogP contribution in [-0.2, 0) is 9.59 Å². The number of hydrogen-bond donors (Lipinski definition) is 2. The van der Waals surface area contributed by atoms with Gasteiger partial charge in [-0.2, -0.15) is 0 Å². The van der Waals surface area contributed by atoms with Crippen LogP contribution in [0, 0.1) is 0 Å². The van der Waals surface area contributed by atoms with Crippen LogP contribution >= 0.6 is 0 Å². The SMILES string of the molecule is CCCNCC(O)CN1C(=O)CCCCC1=O. The van der Waals surface area contributed by atoms with E-state index >= 15 is 0 Å². The van der Waals surface area contributed by atoms with Gasteiger partial charge in [0.2, 0.25) is 11.8 Å². The number of aliphatic hydroxyl groups is 1. The van der Waals surface area contributed by atoms with E-state index in [2.05, 4.69) is 5.32 Å². The number of nitrogens with zero attached hydrogens (tertiary/aromatic N) is 1. The Hall–Kier alpha value is -0.940. The molecule has 1 saturated heterocycles. The summed E-state index contributed by atoms with van der Waals surface area (Å²) in [6, 6.07) is 0. The topological polar surface area (TPSA) is 69.6 Å². The van der Waals surface area contributed by atoms with Gasteiger partial charge in [0.25, 0.3) is 0 Å². The van der Waals surface area contributed by atoms with Crippen LogP contribution in [0.25, 0.3) is 0 Å². The quantitative estimate of drug-likeness (QED) is 0.518. The lowest BCUT2D eigenvalue weighted by Gasteiger charge is -2.22. The molecule has 98 valence electrons. The van der Waals surface area contributed by atoms with Crippen LogP contribution in [0.2, 0.25) is 0 Å². The van der Waals surface area contributed by atoms with Gasteiger partial charge in [0, 0.05) is 19.4 Å². The highest BCUT2D eigenvalue weighted by Crippen LogP contribution is 2.12. The van der Waals surface area contributed by atoms with Gasteiger partial charge in [-0.3, -0.25) is 14.5 Å². The van der Waals surface area contributed by atoms with Crippen molar-refractivity contribution in [3.63, 3.8) is 0 Å². The lowest BCUT2D eigenvalue weighted by atomic mass is 10.2. The molecule has 1 aliphatic heterocycles. The number of nitrogens with one attached hydrogen (secondary N) is 1. The highest BCUT2D eigenvalue weighted by molar-refractivity contribution is 5.96. The Morgan fingerprint density at radius 2 is 1.88 bits per heavy atom. The van der Waals surface area contributed by atoms with E-state index in [0.29, 0.717) is 19.4 Å². The van der Waals surface area contributed by atoms with Crippen molar-refractivity contribution in [2.45, 2.75) is 45.1 Å². The first-order chi connectivity index (χ1) is 8.15. The van der Waals surface area contributed by atoms with Crippen LogP contribution in [-0.4, -0.2) is 47.6 Å². The van der Waals surface area contributed by atoms with Gasteiger partial charge < -0.3 is 10.4 Å². The average Bonchev–Trinajstić information content (AvgIpc) is 2.44. The summed E-state index contributed by atoms with van der Waals surface area (Å²) in [6.07, 6.45) is 2.69. The zero-order chi connectivity index (χ0) is 12.7. The van der Waals surface area contributed by atoms with E-state index in [9.17, 15) is 14.7 Å². The van der Waals surface area contributed by atoms with E-state index < -0.39 is 6.10 Å². The molecule has 0 bridgehead atoms. The molecule has 5 nitrogen and oxygen atoms in total. The van der Waals surface area contributed by atoms with Crippen LogP contribution in [0.15, 0.2) is 0 Å². The molecule has 0 aromatic heterocycles. The van der Waals surface area contributed by atoms with E-state index in [-0.39, 0.29) is 18.4 Å². The molecule has 0 aromatic rings. The summed E-state index contributed by atoms with van der Waals surface area (Å²) in [5.41, 5.74) is 0. The molecule has 2 amide bonds. The van der Waals surface area contributed by atoms with Gasteiger partial charge in [0.1, 0.15) is 0 Å². The minimum absolute atomic E-state index is 0.119. The third-order valence-electron chi connectivity index (χ3n) is 2.83. The van der Waals surface area contributed by atoms with Crippen LogP contribution < -0.4 is 5.32 Å². The fourth-order valence-corrected chi connectivity index (χ4v) is 1.89. The van der Waals surface area contributed by atoms with Gasteiger partial charge in [0.05, 0.1) is 12.6 Å². The monoisotopic (exact) mass is 242 g/mol. The van der Waals surface area contributed by atoms with Crippen molar-refractivity contribution in [3.05, 3.63) is 0 Å². The fourth-order valence-electron chi connectivity index (χ4n) is 1.89. The van der Waals surface area contributed by atoms with Crippen molar-refractivity contribution in [2.24, 2.45) is 0 Å². The minimum Gasteiger partial charge on any atom is -0.390 e. The summed E-state index contributed by atoms with van der Waals surface area (Å²) in [6.45, 7) is 3.42. The van der Waals surface area contributed by atoms with Gasteiger partial charge in [-0.25, -0.2) is 0 Å². The lowest BCUT2D eigenvalue weighted by Crippen LogP contribution is -2.44. The van der Waals surface area contributed by atoms with Crippen LogP contribution in [0.4, 0.5) is 0 Å². The van der Waals surface area contributed by atoms with Gasteiger partial charge >= 0.3 is 0 Å². The number of β-amino-alcohol motifs (C(OH)–C–C–N with tert-alkyl or cyclic N) is 1. The van der Waals surface area contributed by atoms with Crippen molar-refractivity contribution in [2.75, 3.05) is 19.6 Å². The van der Waals surface area contributed by atoms with Crippen molar-refractivity contribution < 1.29 is 14.7 Å². The third kappa shape index (κ3) is 4.83. The van der Waals surface area contributed by atoms with Crippen molar-refractivity contribution >= 4 is 11.8 Å². The molecule has 17 heavy (non-hydrogen) atoms. The van der Waals surface area contributed by atoms with Gasteiger partial charge in [-0.15, -0.1) is 0 Å². The first-order valence-electron chi connectivity index (χ1n) is 6.37. The molecular weight excluding hydrogens is 220 g/mol. The van der Waals surface area contributed by atoms with E-state index in [1.165, 1.54) is 4.90 Å². The fraction of sp³-hybridized carbons (Fsp3) is 0.833. The Kier molecular flexibility index (Phi) is 6.15. The maximum Gasteiger partial charge on any atom is 0.229 e. The molecule has 1 aliphatic rings. The number of hydrogen-bond acceptors (Lipinski definition) is 4. The molecule has 1 rings (SSSR count).